The minimum absolute atomic E-state index is 0.0784. The number of aliphatic imine (C=N–C) groups is 1. The normalized spacial score (nSPS) is 13.7. The number of ether oxygens (including phenoxy) is 1. The lowest BCUT2D eigenvalue weighted by Gasteiger charge is -2.18. The van der Waals surface area contributed by atoms with Crippen LogP contribution in [0.5, 0.6) is 5.75 Å². The highest BCUT2D eigenvalue weighted by Gasteiger charge is 2.14. The Balaban J connectivity index is 1.42. The Hall–Kier alpha value is -2.54. The van der Waals surface area contributed by atoms with Crippen molar-refractivity contribution in [1.82, 2.24) is 10.6 Å². The van der Waals surface area contributed by atoms with Crippen LogP contribution < -0.4 is 20.7 Å². The van der Waals surface area contributed by atoms with Gasteiger partial charge in [-0.25, -0.2) is 0 Å². The summed E-state index contributed by atoms with van der Waals surface area (Å²) >= 11 is 1.76. The first-order valence-corrected chi connectivity index (χ1v) is 10.2. The van der Waals surface area contributed by atoms with Gasteiger partial charge in [0.15, 0.2) is 5.96 Å². The first kappa shape index (κ1) is 19.2. The summed E-state index contributed by atoms with van der Waals surface area (Å²) in [7, 11) is 0. The summed E-state index contributed by atoms with van der Waals surface area (Å²) < 4.78 is 5.83. The Morgan fingerprint density at radius 1 is 1.30 bits per heavy atom. The van der Waals surface area contributed by atoms with Crippen molar-refractivity contribution in [3.8, 4) is 5.75 Å². The van der Waals surface area contributed by atoms with Crippen molar-refractivity contribution in [2.45, 2.75) is 26.2 Å². The zero-order chi connectivity index (χ0) is 18.9. The maximum absolute atomic E-state index is 11.4. The molecular formula is C20H26N4O2S. The minimum atomic E-state index is 0.0784. The number of nitrogens with one attached hydrogen (secondary N) is 3. The average Bonchev–Trinajstić information content (AvgIpc) is 3.18. The first-order valence-electron chi connectivity index (χ1n) is 9.34. The predicted octanol–water partition coefficient (Wildman–Crippen LogP) is 2.81. The molecule has 0 saturated heterocycles. The quantitative estimate of drug-likeness (QED) is 0.370. The molecular weight excluding hydrogens is 360 g/mol. The Labute approximate surface area is 164 Å². The van der Waals surface area contributed by atoms with E-state index in [4.69, 9.17) is 4.74 Å². The van der Waals surface area contributed by atoms with E-state index in [2.05, 4.69) is 45.4 Å². The number of rotatable bonds is 8. The van der Waals surface area contributed by atoms with Gasteiger partial charge in [0.2, 0.25) is 5.91 Å². The highest BCUT2D eigenvalue weighted by Crippen LogP contribution is 2.26. The van der Waals surface area contributed by atoms with Gasteiger partial charge < -0.3 is 20.7 Å². The van der Waals surface area contributed by atoms with Gasteiger partial charge in [-0.3, -0.25) is 9.79 Å². The summed E-state index contributed by atoms with van der Waals surface area (Å²) in [6, 6.07) is 10.0. The molecule has 1 aromatic carbocycles. The van der Waals surface area contributed by atoms with E-state index in [1.54, 1.807) is 11.3 Å². The van der Waals surface area contributed by atoms with Crippen molar-refractivity contribution in [3.63, 3.8) is 0 Å². The van der Waals surface area contributed by atoms with E-state index in [0.29, 0.717) is 19.6 Å². The lowest BCUT2D eigenvalue weighted by atomic mass is 10.0. The molecule has 7 heteroatoms. The molecule has 1 aromatic heterocycles. The van der Waals surface area contributed by atoms with Crippen LogP contribution in [0, 0.1) is 0 Å². The van der Waals surface area contributed by atoms with Gasteiger partial charge in [-0.1, -0.05) is 6.07 Å². The number of aryl methyl sites for hydroxylation is 1. The van der Waals surface area contributed by atoms with Gasteiger partial charge in [0.25, 0.3) is 0 Å². The molecule has 0 bridgehead atoms. The molecule has 1 amide bonds. The molecule has 144 valence electrons. The van der Waals surface area contributed by atoms with E-state index in [1.807, 2.05) is 18.2 Å². The van der Waals surface area contributed by atoms with Crippen LogP contribution in [-0.4, -0.2) is 38.1 Å². The van der Waals surface area contributed by atoms with Gasteiger partial charge in [0, 0.05) is 36.5 Å². The summed E-state index contributed by atoms with van der Waals surface area (Å²) in [6.07, 6.45) is 2.25. The van der Waals surface area contributed by atoms with Gasteiger partial charge in [0.05, 0.1) is 6.54 Å². The van der Waals surface area contributed by atoms with Crippen LogP contribution in [0.4, 0.5) is 5.69 Å². The van der Waals surface area contributed by atoms with Crippen LogP contribution in [0.2, 0.25) is 0 Å². The molecule has 0 atom stereocenters. The molecule has 1 aliphatic rings. The molecule has 27 heavy (non-hydrogen) atoms. The lowest BCUT2D eigenvalue weighted by Crippen LogP contribution is -2.39. The second-order valence-corrected chi connectivity index (χ2v) is 7.26. The van der Waals surface area contributed by atoms with E-state index < -0.39 is 0 Å². The second-order valence-electron chi connectivity index (χ2n) is 6.23. The number of carbonyl (C=O) groups excluding carboxylic acids is 1. The Morgan fingerprint density at radius 3 is 3.04 bits per heavy atom. The highest BCUT2D eigenvalue weighted by atomic mass is 32.1. The number of hydrogen-bond acceptors (Lipinski definition) is 4. The van der Waals surface area contributed by atoms with E-state index in [-0.39, 0.29) is 5.91 Å². The number of nitrogens with zero attached hydrogens (tertiary/aromatic N) is 1. The molecule has 2 heterocycles. The topological polar surface area (TPSA) is 74.8 Å². The van der Waals surface area contributed by atoms with Gasteiger partial charge >= 0.3 is 0 Å². The van der Waals surface area contributed by atoms with Gasteiger partial charge in [-0.05, 0) is 48.6 Å². The Morgan fingerprint density at radius 2 is 2.22 bits per heavy atom. The van der Waals surface area contributed by atoms with E-state index in [9.17, 15) is 4.79 Å². The van der Waals surface area contributed by atoms with Crippen molar-refractivity contribution >= 4 is 28.9 Å². The van der Waals surface area contributed by atoms with Crippen molar-refractivity contribution in [2.24, 2.45) is 4.99 Å². The lowest BCUT2D eigenvalue weighted by molar-refractivity contribution is -0.116. The predicted molar refractivity (Wildman–Crippen MR) is 111 cm³/mol. The van der Waals surface area contributed by atoms with Crippen LogP contribution in [-0.2, 0) is 17.6 Å². The highest BCUT2D eigenvalue weighted by molar-refractivity contribution is 7.09. The number of amides is 1. The van der Waals surface area contributed by atoms with Crippen LogP contribution >= 0.6 is 11.3 Å². The standard InChI is InChI=1S/C20H26N4O2S/c1-2-21-20(22-10-9-17-4-3-13-27-17)23-11-12-26-16-6-7-18-15(14-16)5-8-19(25)24-18/h3-4,6-7,13-14H,2,5,8-12H2,1H3,(H,24,25)(H2,21,22,23). The van der Waals surface area contributed by atoms with Gasteiger partial charge in [-0.2, -0.15) is 0 Å². The van der Waals surface area contributed by atoms with Crippen LogP contribution in [0.25, 0.3) is 0 Å². The maximum Gasteiger partial charge on any atom is 0.224 e. The number of carbonyl (C=O) groups is 1. The Kier molecular flexibility index (Phi) is 7.10. The molecule has 2 aromatic rings. The van der Waals surface area contributed by atoms with Crippen LogP contribution in [0.3, 0.4) is 0 Å². The zero-order valence-corrected chi connectivity index (χ0v) is 16.4. The molecule has 0 spiro atoms. The maximum atomic E-state index is 11.4. The fourth-order valence-electron chi connectivity index (χ4n) is 2.86. The van der Waals surface area contributed by atoms with E-state index in [0.717, 1.165) is 48.9 Å². The van der Waals surface area contributed by atoms with Gasteiger partial charge in [-0.15, -0.1) is 11.3 Å². The number of hydrogen-bond donors (Lipinski definition) is 3. The van der Waals surface area contributed by atoms with Crippen molar-refractivity contribution in [1.29, 1.82) is 0 Å². The molecule has 0 saturated carbocycles. The SMILES string of the molecule is CCNC(=NCCc1cccs1)NCCOc1ccc2c(c1)CCC(=O)N2. The van der Waals surface area contributed by atoms with Crippen LogP contribution in [0.1, 0.15) is 23.8 Å². The Bertz CT molecular complexity index is 774. The molecule has 3 N–H and O–H groups in total. The van der Waals surface area contributed by atoms with Crippen LogP contribution in [0.15, 0.2) is 40.7 Å². The molecule has 0 aliphatic carbocycles. The van der Waals surface area contributed by atoms with Crippen molar-refractivity contribution in [3.05, 3.63) is 46.2 Å². The first-order chi connectivity index (χ1) is 13.2. The van der Waals surface area contributed by atoms with E-state index >= 15 is 0 Å². The third-order valence-electron chi connectivity index (χ3n) is 4.19. The fraction of sp³-hybridized carbons (Fsp3) is 0.400. The fourth-order valence-corrected chi connectivity index (χ4v) is 3.56. The largest absolute Gasteiger partial charge is 0.492 e. The van der Waals surface area contributed by atoms with Crippen molar-refractivity contribution < 1.29 is 9.53 Å². The molecule has 6 nitrogen and oxygen atoms in total. The summed E-state index contributed by atoms with van der Waals surface area (Å²) in [5.41, 5.74) is 2.02. The number of anilines is 1. The number of benzene rings is 1. The van der Waals surface area contributed by atoms with Crippen molar-refractivity contribution in [2.75, 3.05) is 31.6 Å². The van der Waals surface area contributed by atoms with E-state index in [1.165, 1.54) is 4.88 Å². The van der Waals surface area contributed by atoms with Gasteiger partial charge in [0.1, 0.15) is 12.4 Å². The summed E-state index contributed by atoms with van der Waals surface area (Å²) in [4.78, 5) is 17.4. The smallest absolute Gasteiger partial charge is 0.224 e. The third kappa shape index (κ3) is 5.99. The molecule has 3 rings (SSSR count). The summed E-state index contributed by atoms with van der Waals surface area (Å²) in [5.74, 6) is 1.71. The molecule has 0 radical (unpaired) electrons. The molecule has 0 unspecified atom stereocenters. The third-order valence-corrected chi connectivity index (χ3v) is 5.12. The molecule has 1 aliphatic heterocycles. The number of fused-ring (bicyclic) bond motifs is 1. The number of thiophene rings is 1. The monoisotopic (exact) mass is 386 g/mol. The summed E-state index contributed by atoms with van der Waals surface area (Å²) in [6.45, 7) is 4.84. The number of guanidine groups is 1. The summed E-state index contributed by atoms with van der Waals surface area (Å²) in [5, 5.41) is 11.5. The molecule has 0 fully saturated rings. The zero-order valence-electron chi connectivity index (χ0n) is 15.6. The minimum Gasteiger partial charge on any atom is -0.492 e. The second kappa shape index (κ2) is 9.97. The average molecular weight is 387 g/mol.